The lowest BCUT2D eigenvalue weighted by atomic mass is 10.1. The summed E-state index contributed by atoms with van der Waals surface area (Å²) in [5.41, 5.74) is 3.87. The van der Waals surface area contributed by atoms with Gasteiger partial charge in [0.2, 0.25) is 5.91 Å². The molecule has 2 amide bonds. The van der Waals surface area contributed by atoms with Gasteiger partial charge in [-0.2, -0.15) is 0 Å². The van der Waals surface area contributed by atoms with Crippen LogP contribution in [0.2, 0.25) is 0 Å². The summed E-state index contributed by atoms with van der Waals surface area (Å²) < 4.78 is 0. The molecular weight excluding hydrogens is 394 g/mol. The van der Waals surface area contributed by atoms with Crippen molar-refractivity contribution in [3.05, 3.63) is 71.3 Å². The largest absolute Gasteiger partial charge is 0.355 e. The molecule has 0 saturated heterocycles. The van der Waals surface area contributed by atoms with E-state index >= 15 is 0 Å². The summed E-state index contributed by atoms with van der Waals surface area (Å²) in [4.78, 5) is 29.6. The Hall–Kier alpha value is -2.86. The number of para-hydroxylation sites is 1. The lowest BCUT2D eigenvalue weighted by molar-refractivity contribution is -0.118. The number of aromatic nitrogens is 1. The number of pyridine rings is 1. The zero-order valence-electron chi connectivity index (χ0n) is 17.0. The Morgan fingerprint density at radius 2 is 1.87 bits per heavy atom. The first-order chi connectivity index (χ1) is 14.6. The van der Waals surface area contributed by atoms with Crippen molar-refractivity contribution in [3.63, 3.8) is 0 Å². The number of fused-ring (bicyclic) bond motifs is 1. The molecule has 30 heavy (non-hydrogen) atoms. The number of carbonyl (C=O) groups excluding carboxylic acids is 2. The van der Waals surface area contributed by atoms with Gasteiger partial charge in [0.15, 0.2) is 0 Å². The van der Waals surface area contributed by atoms with Crippen molar-refractivity contribution >= 4 is 34.5 Å². The molecule has 1 heterocycles. The molecule has 2 aromatic carbocycles. The highest BCUT2D eigenvalue weighted by Crippen LogP contribution is 2.26. The molecule has 1 fully saturated rings. The second-order valence-corrected chi connectivity index (χ2v) is 8.58. The molecule has 0 aliphatic heterocycles. The predicted molar refractivity (Wildman–Crippen MR) is 121 cm³/mol. The van der Waals surface area contributed by atoms with Crippen molar-refractivity contribution in [1.29, 1.82) is 0 Å². The molecule has 0 unspecified atom stereocenters. The van der Waals surface area contributed by atoms with Crippen LogP contribution >= 0.6 is 11.8 Å². The Labute approximate surface area is 180 Å². The number of thioether (sulfide) groups is 1. The van der Waals surface area contributed by atoms with Gasteiger partial charge in [-0.05, 0) is 49.4 Å². The summed E-state index contributed by atoms with van der Waals surface area (Å²) in [6.07, 6.45) is 2.89. The monoisotopic (exact) mass is 419 g/mol. The zero-order chi connectivity index (χ0) is 20.9. The van der Waals surface area contributed by atoms with Crippen molar-refractivity contribution < 1.29 is 9.59 Å². The standard InChI is InChI=1S/C24H25N3O2S/c1-16-6-2-3-7-17(16)12-13-25-22(28)15-30-23-14-20(24(29)26-18-10-11-18)19-8-4-5-9-21(19)27-23/h2-9,14,18H,10-13,15H2,1H3,(H,25,28)(H,26,29). The first-order valence-electron chi connectivity index (χ1n) is 10.2. The Balaban J connectivity index is 1.37. The number of nitrogens with one attached hydrogen (secondary N) is 2. The zero-order valence-corrected chi connectivity index (χ0v) is 17.8. The number of aryl methyl sites for hydroxylation is 1. The number of amides is 2. The van der Waals surface area contributed by atoms with E-state index in [-0.39, 0.29) is 17.6 Å². The van der Waals surface area contributed by atoms with Gasteiger partial charge in [-0.15, -0.1) is 0 Å². The number of nitrogens with zero attached hydrogens (tertiary/aromatic N) is 1. The molecule has 1 aliphatic carbocycles. The number of benzene rings is 2. The Morgan fingerprint density at radius 1 is 1.10 bits per heavy atom. The maximum atomic E-state index is 12.7. The van der Waals surface area contributed by atoms with Gasteiger partial charge < -0.3 is 10.6 Å². The number of hydrogen-bond acceptors (Lipinski definition) is 4. The van der Waals surface area contributed by atoms with E-state index in [4.69, 9.17) is 0 Å². The molecule has 0 atom stereocenters. The lowest BCUT2D eigenvalue weighted by Crippen LogP contribution is -2.27. The minimum absolute atomic E-state index is 0.0347. The highest BCUT2D eigenvalue weighted by molar-refractivity contribution is 7.99. The summed E-state index contributed by atoms with van der Waals surface area (Å²) in [6, 6.07) is 17.9. The molecule has 3 aromatic rings. The Kier molecular flexibility index (Phi) is 6.33. The molecule has 1 aromatic heterocycles. The van der Waals surface area contributed by atoms with Gasteiger partial charge in [0.05, 0.1) is 21.9 Å². The molecule has 2 N–H and O–H groups in total. The van der Waals surface area contributed by atoms with Crippen molar-refractivity contribution in [3.8, 4) is 0 Å². The first-order valence-corrected chi connectivity index (χ1v) is 11.2. The third-order valence-corrected chi connectivity index (χ3v) is 6.09. The second-order valence-electron chi connectivity index (χ2n) is 7.59. The van der Waals surface area contributed by atoms with Crippen LogP contribution in [0.4, 0.5) is 0 Å². The normalized spacial score (nSPS) is 13.2. The minimum Gasteiger partial charge on any atom is -0.355 e. The van der Waals surface area contributed by atoms with Crippen LogP contribution in [0.3, 0.4) is 0 Å². The van der Waals surface area contributed by atoms with E-state index in [0.717, 1.165) is 30.2 Å². The van der Waals surface area contributed by atoms with Crippen LogP contribution in [0.5, 0.6) is 0 Å². The van der Waals surface area contributed by atoms with Crippen molar-refractivity contribution in [2.24, 2.45) is 0 Å². The van der Waals surface area contributed by atoms with E-state index < -0.39 is 0 Å². The molecule has 0 spiro atoms. The number of rotatable bonds is 8. The van der Waals surface area contributed by atoms with Crippen LogP contribution in [0.25, 0.3) is 10.9 Å². The number of carbonyl (C=O) groups is 2. The fourth-order valence-corrected chi connectivity index (χ4v) is 4.07. The van der Waals surface area contributed by atoms with E-state index in [9.17, 15) is 9.59 Å². The van der Waals surface area contributed by atoms with Crippen LogP contribution in [-0.4, -0.2) is 35.1 Å². The first kappa shape index (κ1) is 20.4. The topological polar surface area (TPSA) is 71.1 Å². The lowest BCUT2D eigenvalue weighted by Gasteiger charge is -2.10. The summed E-state index contributed by atoms with van der Waals surface area (Å²) in [5.74, 6) is 0.163. The molecular formula is C24H25N3O2S. The molecule has 154 valence electrons. The van der Waals surface area contributed by atoms with Crippen molar-refractivity contribution in [2.45, 2.75) is 37.3 Å². The molecule has 1 aliphatic rings. The highest BCUT2D eigenvalue weighted by atomic mass is 32.2. The third-order valence-electron chi connectivity index (χ3n) is 5.18. The van der Waals surface area contributed by atoms with Crippen molar-refractivity contribution in [2.75, 3.05) is 12.3 Å². The maximum absolute atomic E-state index is 12.7. The van der Waals surface area contributed by atoms with Crippen molar-refractivity contribution in [1.82, 2.24) is 15.6 Å². The fourth-order valence-electron chi connectivity index (χ4n) is 3.32. The summed E-state index contributed by atoms with van der Waals surface area (Å²) >= 11 is 1.36. The molecule has 4 rings (SSSR count). The van der Waals surface area contributed by atoms with E-state index in [0.29, 0.717) is 23.2 Å². The SMILES string of the molecule is Cc1ccccc1CCNC(=O)CSc1cc(C(=O)NC2CC2)c2ccccc2n1. The van der Waals surface area contributed by atoms with Crippen LogP contribution < -0.4 is 10.6 Å². The van der Waals surface area contributed by atoms with Gasteiger partial charge >= 0.3 is 0 Å². The smallest absolute Gasteiger partial charge is 0.252 e. The average molecular weight is 420 g/mol. The molecule has 6 heteroatoms. The third kappa shape index (κ3) is 5.19. The second kappa shape index (κ2) is 9.30. The Morgan fingerprint density at radius 3 is 2.67 bits per heavy atom. The van der Waals surface area contributed by atoms with Gasteiger partial charge in [0, 0.05) is 18.0 Å². The Bertz CT molecular complexity index is 1080. The summed E-state index contributed by atoms with van der Waals surface area (Å²) in [7, 11) is 0. The van der Waals surface area contributed by atoms with Gasteiger partial charge in [0.25, 0.3) is 5.91 Å². The van der Waals surface area contributed by atoms with E-state index in [1.807, 2.05) is 36.4 Å². The van der Waals surface area contributed by atoms with Crippen LogP contribution in [0, 0.1) is 6.92 Å². The van der Waals surface area contributed by atoms with E-state index in [1.54, 1.807) is 6.07 Å². The van der Waals surface area contributed by atoms with Crippen LogP contribution in [-0.2, 0) is 11.2 Å². The maximum Gasteiger partial charge on any atom is 0.252 e. The molecule has 5 nitrogen and oxygen atoms in total. The quantitative estimate of drug-likeness (QED) is 0.544. The molecule has 1 saturated carbocycles. The predicted octanol–water partition coefficient (Wildman–Crippen LogP) is 3.89. The number of hydrogen-bond donors (Lipinski definition) is 2. The van der Waals surface area contributed by atoms with Gasteiger partial charge in [-0.1, -0.05) is 54.2 Å². The van der Waals surface area contributed by atoms with E-state index in [1.165, 1.54) is 22.9 Å². The van der Waals surface area contributed by atoms with Gasteiger partial charge in [0.1, 0.15) is 0 Å². The minimum atomic E-state index is -0.0689. The van der Waals surface area contributed by atoms with E-state index in [2.05, 4.69) is 34.7 Å². The molecule has 0 bridgehead atoms. The fraction of sp³-hybridized carbons (Fsp3) is 0.292. The average Bonchev–Trinajstić information content (AvgIpc) is 3.57. The van der Waals surface area contributed by atoms with Gasteiger partial charge in [-0.3, -0.25) is 9.59 Å². The van der Waals surface area contributed by atoms with Crippen LogP contribution in [0.15, 0.2) is 59.6 Å². The molecule has 0 radical (unpaired) electrons. The summed E-state index contributed by atoms with van der Waals surface area (Å²) in [5, 5.41) is 7.54. The van der Waals surface area contributed by atoms with Gasteiger partial charge in [-0.25, -0.2) is 4.98 Å². The van der Waals surface area contributed by atoms with Crippen LogP contribution in [0.1, 0.15) is 34.3 Å². The summed E-state index contributed by atoms with van der Waals surface area (Å²) in [6.45, 7) is 2.68. The highest BCUT2D eigenvalue weighted by Gasteiger charge is 2.25.